The molecule has 22 heavy (non-hydrogen) atoms. The van der Waals surface area contributed by atoms with Gasteiger partial charge in [0, 0.05) is 31.8 Å². The maximum atomic E-state index is 11.6. The van der Waals surface area contributed by atoms with Crippen LogP contribution < -0.4 is 10.6 Å². The van der Waals surface area contributed by atoms with Gasteiger partial charge in [0.05, 0.1) is 5.92 Å². The number of amides is 2. The maximum Gasteiger partial charge on any atom is 0.308 e. The van der Waals surface area contributed by atoms with E-state index in [1.165, 1.54) is 13.8 Å². The Kier molecular flexibility index (Phi) is 6.84. The zero-order valence-corrected chi connectivity index (χ0v) is 13.9. The van der Waals surface area contributed by atoms with Crippen LogP contribution in [0.1, 0.15) is 53.4 Å². The predicted molar refractivity (Wildman–Crippen MR) is 83.1 cm³/mol. The molecular formula is C16H28N2O4. The molecule has 2 amide bonds. The number of hydrogen-bond acceptors (Lipinski definition) is 3. The molecule has 1 rings (SSSR count). The molecule has 1 aliphatic rings. The van der Waals surface area contributed by atoms with E-state index in [9.17, 15) is 19.5 Å². The van der Waals surface area contributed by atoms with Gasteiger partial charge < -0.3 is 15.7 Å². The number of aliphatic carboxylic acids is 1. The highest BCUT2D eigenvalue weighted by molar-refractivity contribution is 5.77. The third-order valence-corrected chi connectivity index (χ3v) is 4.78. The van der Waals surface area contributed by atoms with Gasteiger partial charge in [-0.3, -0.25) is 14.4 Å². The van der Waals surface area contributed by atoms with E-state index in [2.05, 4.69) is 24.5 Å². The highest BCUT2D eigenvalue weighted by atomic mass is 16.4. The lowest BCUT2D eigenvalue weighted by Crippen LogP contribution is -2.53. The van der Waals surface area contributed by atoms with Gasteiger partial charge >= 0.3 is 5.97 Å². The minimum atomic E-state index is -0.882. The van der Waals surface area contributed by atoms with Crippen molar-refractivity contribution in [2.24, 2.45) is 17.8 Å². The lowest BCUT2D eigenvalue weighted by atomic mass is 9.81. The van der Waals surface area contributed by atoms with Gasteiger partial charge in [-0.15, -0.1) is 0 Å². The molecule has 4 atom stereocenters. The van der Waals surface area contributed by atoms with Crippen LogP contribution in [0, 0.1) is 17.8 Å². The molecule has 0 radical (unpaired) electrons. The van der Waals surface area contributed by atoms with E-state index in [0.29, 0.717) is 12.8 Å². The van der Waals surface area contributed by atoms with Gasteiger partial charge in [-0.1, -0.05) is 26.7 Å². The van der Waals surface area contributed by atoms with Crippen molar-refractivity contribution in [3.63, 3.8) is 0 Å². The van der Waals surface area contributed by atoms with Crippen molar-refractivity contribution in [1.29, 1.82) is 0 Å². The van der Waals surface area contributed by atoms with E-state index in [1.54, 1.807) is 0 Å². The second-order valence-electron chi connectivity index (χ2n) is 6.22. The molecule has 0 aromatic rings. The number of carbonyl (C=O) groups is 3. The fraction of sp³-hybridized carbons (Fsp3) is 0.812. The van der Waals surface area contributed by atoms with Gasteiger partial charge in [-0.2, -0.15) is 0 Å². The number of carboxylic acids is 1. The highest BCUT2D eigenvalue weighted by Gasteiger charge is 2.45. The summed E-state index contributed by atoms with van der Waals surface area (Å²) >= 11 is 0. The molecule has 0 bridgehead atoms. The van der Waals surface area contributed by atoms with Crippen molar-refractivity contribution in [1.82, 2.24) is 10.6 Å². The molecule has 0 aliphatic heterocycles. The topological polar surface area (TPSA) is 95.5 Å². The van der Waals surface area contributed by atoms with Crippen LogP contribution in [0.5, 0.6) is 0 Å². The van der Waals surface area contributed by atoms with Crippen molar-refractivity contribution in [3.05, 3.63) is 0 Å². The molecule has 6 heteroatoms. The zero-order chi connectivity index (χ0) is 16.9. The third kappa shape index (κ3) is 4.45. The monoisotopic (exact) mass is 312 g/mol. The number of nitrogens with one attached hydrogen (secondary N) is 2. The minimum Gasteiger partial charge on any atom is -0.481 e. The summed E-state index contributed by atoms with van der Waals surface area (Å²) in [4.78, 5) is 34.5. The number of rotatable bonds is 7. The first-order chi connectivity index (χ1) is 10.3. The highest BCUT2D eigenvalue weighted by Crippen LogP contribution is 2.37. The van der Waals surface area contributed by atoms with E-state index in [1.807, 2.05) is 0 Å². The molecule has 6 nitrogen and oxygen atoms in total. The van der Waals surface area contributed by atoms with E-state index in [-0.39, 0.29) is 29.7 Å². The van der Waals surface area contributed by atoms with Crippen LogP contribution in [0.15, 0.2) is 0 Å². The van der Waals surface area contributed by atoms with Crippen LogP contribution in [-0.4, -0.2) is 35.0 Å². The van der Waals surface area contributed by atoms with Gasteiger partial charge in [0.2, 0.25) is 11.8 Å². The number of hydrogen-bond donors (Lipinski definition) is 3. The minimum absolute atomic E-state index is 0.0428. The second-order valence-corrected chi connectivity index (χ2v) is 6.22. The molecular weight excluding hydrogens is 284 g/mol. The lowest BCUT2D eigenvalue weighted by Gasteiger charge is -2.35. The van der Waals surface area contributed by atoms with E-state index < -0.39 is 17.9 Å². The summed E-state index contributed by atoms with van der Waals surface area (Å²) in [5, 5.41) is 15.2. The summed E-state index contributed by atoms with van der Waals surface area (Å²) < 4.78 is 0. The smallest absolute Gasteiger partial charge is 0.308 e. The number of carbonyl (C=O) groups excluding carboxylic acids is 2. The first-order valence-corrected chi connectivity index (χ1v) is 8.08. The molecule has 126 valence electrons. The van der Waals surface area contributed by atoms with Crippen LogP contribution in [0.4, 0.5) is 0 Å². The summed E-state index contributed by atoms with van der Waals surface area (Å²) in [6.45, 7) is 7.02. The van der Waals surface area contributed by atoms with Gasteiger partial charge in [0.25, 0.3) is 0 Å². The van der Waals surface area contributed by atoms with Crippen molar-refractivity contribution >= 4 is 17.8 Å². The van der Waals surface area contributed by atoms with E-state index in [0.717, 1.165) is 12.8 Å². The Morgan fingerprint density at radius 2 is 1.68 bits per heavy atom. The Bertz CT molecular complexity index is 420. The molecule has 1 aliphatic carbocycles. The van der Waals surface area contributed by atoms with Gasteiger partial charge in [0.1, 0.15) is 0 Å². The normalized spacial score (nSPS) is 25.8. The number of carboxylic acid groups (broad SMARTS) is 1. The SMILES string of the molecule is CCC(CC)[C@@H](NC(C)=O)[C@H]1CC[C@H](C(=O)O)[C@H]1NC(C)=O. The molecule has 0 unspecified atom stereocenters. The Morgan fingerprint density at radius 3 is 2.09 bits per heavy atom. The average molecular weight is 312 g/mol. The molecule has 0 aromatic heterocycles. The van der Waals surface area contributed by atoms with Crippen LogP contribution in [0.2, 0.25) is 0 Å². The molecule has 0 aromatic carbocycles. The van der Waals surface area contributed by atoms with Gasteiger partial charge in [-0.05, 0) is 18.8 Å². The summed E-state index contributed by atoms with van der Waals surface area (Å²) in [6, 6.07) is -0.527. The quantitative estimate of drug-likeness (QED) is 0.664. The Labute approximate surface area is 132 Å². The fourth-order valence-electron chi connectivity index (χ4n) is 3.76. The van der Waals surface area contributed by atoms with Gasteiger partial charge in [-0.25, -0.2) is 0 Å². The largest absolute Gasteiger partial charge is 0.481 e. The van der Waals surface area contributed by atoms with Crippen molar-refractivity contribution in [2.45, 2.75) is 65.5 Å². The summed E-state index contributed by atoms with van der Waals surface area (Å²) in [6.07, 6.45) is 3.04. The van der Waals surface area contributed by atoms with Crippen molar-refractivity contribution < 1.29 is 19.5 Å². The predicted octanol–water partition coefficient (Wildman–Crippen LogP) is 1.54. The molecule has 0 heterocycles. The first-order valence-electron chi connectivity index (χ1n) is 8.08. The summed E-state index contributed by atoms with van der Waals surface area (Å²) in [5.41, 5.74) is 0. The van der Waals surface area contributed by atoms with Crippen molar-refractivity contribution in [3.8, 4) is 0 Å². The molecule has 1 fully saturated rings. The molecule has 0 spiro atoms. The Hall–Kier alpha value is -1.59. The Morgan fingerprint density at radius 1 is 1.09 bits per heavy atom. The van der Waals surface area contributed by atoms with Gasteiger partial charge in [0.15, 0.2) is 0 Å². The molecule has 0 saturated heterocycles. The fourth-order valence-corrected chi connectivity index (χ4v) is 3.76. The van der Waals surface area contributed by atoms with Crippen molar-refractivity contribution in [2.75, 3.05) is 0 Å². The Balaban J connectivity index is 3.06. The van der Waals surface area contributed by atoms with Crippen LogP contribution >= 0.6 is 0 Å². The van der Waals surface area contributed by atoms with E-state index >= 15 is 0 Å². The maximum absolute atomic E-state index is 11.6. The van der Waals surface area contributed by atoms with E-state index in [4.69, 9.17) is 0 Å². The van der Waals surface area contributed by atoms with Crippen LogP contribution in [0.3, 0.4) is 0 Å². The summed E-state index contributed by atoms with van der Waals surface area (Å²) in [7, 11) is 0. The first kappa shape index (κ1) is 18.5. The third-order valence-electron chi connectivity index (χ3n) is 4.78. The molecule has 1 saturated carbocycles. The molecule has 3 N–H and O–H groups in total. The zero-order valence-electron chi connectivity index (χ0n) is 13.9. The summed E-state index contributed by atoms with van der Waals surface area (Å²) in [5.74, 6) is -1.57. The average Bonchev–Trinajstić information content (AvgIpc) is 2.81. The lowest BCUT2D eigenvalue weighted by molar-refractivity contribution is -0.142. The standard InChI is InChI=1S/C16H28N2O4/c1-5-11(6-2)14(17-9(3)19)12-7-8-13(16(21)22)15(12)18-10(4)20/h11-15H,5-8H2,1-4H3,(H,17,19)(H,18,20)(H,21,22)/t12-,13+,14-,15+/m1/s1. The van der Waals surface area contributed by atoms with Crippen LogP contribution in [-0.2, 0) is 14.4 Å². The van der Waals surface area contributed by atoms with Crippen LogP contribution in [0.25, 0.3) is 0 Å². The second kappa shape index (κ2) is 8.15.